The van der Waals surface area contributed by atoms with Gasteiger partial charge < -0.3 is 15.2 Å². The summed E-state index contributed by atoms with van der Waals surface area (Å²) in [5, 5.41) is 10.8. The Balaban J connectivity index is 0.00000338. The van der Waals surface area contributed by atoms with Crippen molar-refractivity contribution in [3.8, 4) is 0 Å². The van der Waals surface area contributed by atoms with Crippen molar-refractivity contribution < 1.29 is 4.52 Å². The number of likely N-dealkylation sites (tertiary alicyclic amines) is 1. The van der Waals surface area contributed by atoms with Crippen LogP contribution >= 0.6 is 24.0 Å². The number of aliphatic imine (C=N–C) groups is 1. The summed E-state index contributed by atoms with van der Waals surface area (Å²) in [5.74, 6) is 3.20. The van der Waals surface area contributed by atoms with Crippen molar-refractivity contribution in [2.45, 2.75) is 60.0 Å². The van der Waals surface area contributed by atoms with Gasteiger partial charge in [-0.1, -0.05) is 19.0 Å². The molecular weight excluding hydrogens is 441 g/mol. The van der Waals surface area contributed by atoms with Crippen molar-refractivity contribution in [2.24, 2.45) is 16.8 Å². The van der Waals surface area contributed by atoms with E-state index in [1.54, 1.807) is 7.05 Å². The van der Waals surface area contributed by atoms with E-state index in [9.17, 15) is 0 Å². The van der Waals surface area contributed by atoms with Gasteiger partial charge in [-0.25, -0.2) is 0 Å². The average Bonchev–Trinajstić information content (AvgIpc) is 2.85. The first-order valence-electron chi connectivity index (χ1n) is 9.34. The van der Waals surface area contributed by atoms with Gasteiger partial charge >= 0.3 is 0 Å². The molecule has 1 aromatic heterocycles. The second-order valence-electron chi connectivity index (χ2n) is 8.25. The molecule has 2 heterocycles. The number of rotatable bonds is 5. The fourth-order valence-electron chi connectivity index (χ4n) is 3.72. The van der Waals surface area contributed by atoms with Crippen LogP contribution in [-0.2, 0) is 6.54 Å². The highest BCUT2D eigenvalue weighted by atomic mass is 127. The van der Waals surface area contributed by atoms with Gasteiger partial charge in [0.25, 0.3) is 0 Å². The summed E-state index contributed by atoms with van der Waals surface area (Å²) in [7, 11) is 1.81. The Kier molecular flexibility index (Phi) is 8.85. The SMILES string of the molecule is CN=C(NCc1c(C)noc1C)NCC(C)(C)N1CC(C)CC(C)C1.I. The van der Waals surface area contributed by atoms with E-state index in [2.05, 4.69) is 53.4 Å². The molecule has 0 spiro atoms. The molecule has 0 radical (unpaired) electrons. The molecule has 2 unspecified atom stereocenters. The molecule has 26 heavy (non-hydrogen) atoms. The van der Waals surface area contributed by atoms with E-state index in [-0.39, 0.29) is 29.5 Å². The Bertz CT molecular complexity index is 569. The number of nitrogens with zero attached hydrogens (tertiary/aromatic N) is 3. The van der Waals surface area contributed by atoms with E-state index in [1.165, 1.54) is 19.5 Å². The largest absolute Gasteiger partial charge is 0.361 e. The Morgan fingerprint density at radius 2 is 1.85 bits per heavy atom. The van der Waals surface area contributed by atoms with Gasteiger partial charge in [0, 0.05) is 44.3 Å². The van der Waals surface area contributed by atoms with Gasteiger partial charge in [-0.3, -0.25) is 9.89 Å². The van der Waals surface area contributed by atoms with Gasteiger partial charge in [0.05, 0.1) is 5.69 Å². The van der Waals surface area contributed by atoms with Gasteiger partial charge in [-0.2, -0.15) is 0 Å². The van der Waals surface area contributed by atoms with Gasteiger partial charge in [0.15, 0.2) is 5.96 Å². The second-order valence-corrected chi connectivity index (χ2v) is 8.25. The number of aryl methyl sites for hydroxylation is 2. The number of hydrogen-bond donors (Lipinski definition) is 2. The van der Waals surface area contributed by atoms with Crippen LogP contribution in [0.1, 0.15) is 51.1 Å². The van der Waals surface area contributed by atoms with Crippen molar-refractivity contribution >= 4 is 29.9 Å². The number of aromatic nitrogens is 1. The highest BCUT2D eigenvalue weighted by molar-refractivity contribution is 14.0. The predicted molar refractivity (Wildman–Crippen MR) is 118 cm³/mol. The molecule has 1 fully saturated rings. The number of nitrogens with one attached hydrogen (secondary N) is 2. The minimum atomic E-state index is 0. The first-order valence-corrected chi connectivity index (χ1v) is 9.34. The summed E-state index contributed by atoms with van der Waals surface area (Å²) in [5.41, 5.74) is 2.11. The van der Waals surface area contributed by atoms with Gasteiger partial charge in [0.1, 0.15) is 5.76 Å². The van der Waals surface area contributed by atoms with Crippen LogP contribution in [0.2, 0.25) is 0 Å². The van der Waals surface area contributed by atoms with E-state index in [0.717, 1.165) is 41.4 Å². The molecule has 0 aromatic carbocycles. The molecule has 2 atom stereocenters. The monoisotopic (exact) mass is 477 g/mol. The van der Waals surface area contributed by atoms with E-state index in [1.807, 2.05) is 13.8 Å². The summed E-state index contributed by atoms with van der Waals surface area (Å²) in [6, 6.07) is 0. The lowest BCUT2D eigenvalue weighted by atomic mass is 9.88. The molecule has 0 bridgehead atoms. The Hall–Kier alpha value is -0.830. The molecule has 150 valence electrons. The zero-order chi connectivity index (χ0) is 18.6. The molecular formula is C19H36IN5O. The summed E-state index contributed by atoms with van der Waals surface area (Å²) < 4.78 is 5.22. The van der Waals surface area contributed by atoms with E-state index in [4.69, 9.17) is 4.52 Å². The van der Waals surface area contributed by atoms with Crippen LogP contribution < -0.4 is 10.6 Å². The lowest BCUT2D eigenvalue weighted by molar-refractivity contribution is 0.0483. The third-order valence-electron chi connectivity index (χ3n) is 5.25. The van der Waals surface area contributed by atoms with Crippen molar-refractivity contribution in [3.05, 3.63) is 17.0 Å². The standard InChI is InChI=1S/C19H35N5O.HI/c1-13-8-14(2)11-24(10-13)19(5,6)12-22-18(20-7)21-9-17-15(3)23-25-16(17)4;/h13-14H,8-12H2,1-7H3,(H2,20,21,22);1H. The lowest BCUT2D eigenvalue weighted by Crippen LogP contribution is -2.57. The molecule has 7 heteroatoms. The van der Waals surface area contributed by atoms with Crippen LogP contribution in [0, 0.1) is 25.7 Å². The fraction of sp³-hybridized carbons (Fsp3) is 0.789. The Labute approximate surface area is 175 Å². The molecule has 0 amide bonds. The molecule has 6 nitrogen and oxygen atoms in total. The second kappa shape index (κ2) is 9.92. The van der Waals surface area contributed by atoms with E-state index in [0.29, 0.717) is 6.54 Å². The topological polar surface area (TPSA) is 65.7 Å². The Morgan fingerprint density at radius 3 is 2.35 bits per heavy atom. The minimum Gasteiger partial charge on any atom is -0.361 e. The average molecular weight is 477 g/mol. The number of hydrogen-bond acceptors (Lipinski definition) is 4. The predicted octanol–water partition coefficient (Wildman–Crippen LogP) is 3.33. The number of piperidine rings is 1. The summed E-state index contributed by atoms with van der Waals surface area (Å²) >= 11 is 0. The maximum Gasteiger partial charge on any atom is 0.191 e. The highest BCUT2D eigenvalue weighted by Crippen LogP contribution is 2.26. The molecule has 1 aliphatic rings. The van der Waals surface area contributed by atoms with Crippen molar-refractivity contribution in [2.75, 3.05) is 26.7 Å². The third-order valence-corrected chi connectivity index (χ3v) is 5.25. The van der Waals surface area contributed by atoms with Gasteiger partial charge in [-0.05, 0) is 46.0 Å². The first-order chi connectivity index (χ1) is 11.7. The first kappa shape index (κ1) is 23.2. The number of guanidine groups is 1. The quantitative estimate of drug-likeness (QED) is 0.387. The maximum atomic E-state index is 5.22. The molecule has 0 aliphatic carbocycles. The van der Waals surface area contributed by atoms with Crippen molar-refractivity contribution in [1.82, 2.24) is 20.7 Å². The molecule has 1 aliphatic heterocycles. The molecule has 2 N–H and O–H groups in total. The molecule has 1 aromatic rings. The maximum absolute atomic E-state index is 5.22. The zero-order valence-electron chi connectivity index (χ0n) is 17.3. The van der Waals surface area contributed by atoms with Crippen LogP contribution in [-0.4, -0.2) is 48.2 Å². The van der Waals surface area contributed by atoms with E-state index >= 15 is 0 Å². The van der Waals surface area contributed by atoms with Crippen LogP contribution in [0.25, 0.3) is 0 Å². The normalized spacial score (nSPS) is 22.0. The summed E-state index contributed by atoms with van der Waals surface area (Å²) in [6.45, 7) is 17.1. The summed E-state index contributed by atoms with van der Waals surface area (Å²) in [6.07, 6.45) is 1.33. The fourth-order valence-corrected chi connectivity index (χ4v) is 3.72. The number of halogens is 1. The van der Waals surface area contributed by atoms with Crippen LogP contribution in [0.5, 0.6) is 0 Å². The van der Waals surface area contributed by atoms with Crippen LogP contribution in [0.3, 0.4) is 0 Å². The highest BCUT2D eigenvalue weighted by Gasteiger charge is 2.32. The zero-order valence-corrected chi connectivity index (χ0v) is 19.7. The van der Waals surface area contributed by atoms with E-state index < -0.39 is 0 Å². The van der Waals surface area contributed by atoms with Gasteiger partial charge in [0.2, 0.25) is 0 Å². The lowest BCUT2D eigenvalue weighted by Gasteiger charge is -2.45. The third kappa shape index (κ3) is 6.11. The molecule has 2 rings (SSSR count). The minimum absolute atomic E-state index is 0. The van der Waals surface area contributed by atoms with Crippen LogP contribution in [0.15, 0.2) is 9.52 Å². The van der Waals surface area contributed by atoms with Crippen molar-refractivity contribution in [1.29, 1.82) is 0 Å². The van der Waals surface area contributed by atoms with Crippen molar-refractivity contribution in [3.63, 3.8) is 0 Å². The van der Waals surface area contributed by atoms with Gasteiger partial charge in [-0.15, -0.1) is 24.0 Å². The van der Waals surface area contributed by atoms with Crippen LogP contribution in [0.4, 0.5) is 0 Å². The summed E-state index contributed by atoms with van der Waals surface area (Å²) in [4.78, 5) is 6.96. The Morgan fingerprint density at radius 1 is 1.23 bits per heavy atom. The molecule has 0 saturated carbocycles. The smallest absolute Gasteiger partial charge is 0.191 e. The molecule has 1 saturated heterocycles.